The second-order valence-electron chi connectivity index (χ2n) is 6.88. The van der Waals surface area contributed by atoms with Gasteiger partial charge < -0.3 is 10.1 Å². The number of hydrogen-bond donors (Lipinski definition) is 1. The van der Waals surface area contributed by atoms with Gasteiger partial charge in [0.25, 0.3) is 0 Å². The van der Waals surface area contributed by atoms with Crippen LogP contribution in [0.4, 0.5) is 0 Å². The van der Waals surface area contributed by atoms with Gasteiger partial charge in [-0.2, -0.15) is 0 Å². The van der Waals surface area contributed by atoms with Crippen molar-refractivity contribution in [1.82, 2.24) is 5.32 Å². The summed E-state index contributed by atoms with van der Waals surface area (Å²) in [5, 5.41) is 3.89. The van der Waals surface area contributed by atoms with Gasteiger partial charge in [-0.1, -0.05) is 44.9 Å². The topological polar surface area (TPSA) is 21.3 Å². The summed E-state index contributed by atoms with van der Waals surface area (Å²) in [6, 6.07) is 9.55. The number of nitrogens with one attached hydrogen (secondary N) is 1. The zero-order valence-electron chi connectivity index (χ0n) is 14.1. The summed E-state index contributed by atoms with van der Waals surface area (Å²) in [6.07, 6.45) is 6.53. The second-order valence-corrected chi connectivity index (χ2v) is 6.88. The minimum Gasteiger partial charge on any atom is -0.496 e. The van der Waals surface area contributed by atoms with E-state index in [0.717, 1.165) is 24.0 Å². The molecule has 1 aromatic rings. The van der Waals surface area contributed by atoms with Gasteiger partial charge in [0.1, 0.15) is 5.75 Å². The number of hydrogen-bond acceptors (Lipinski definition) is 2. The van der Waals surface area contributed by atoms with E-state index in [-0.39, 0.29) is 0 Å². The zero-order valence-corrected chi connectivity index (χ0v) is 14.1. The average molecular weight is 289 g/mol. The molecule has 1 N–H and O–H groups in total. The van der Waals surface area contributed by atoms with E-state index in [1.54, 1.807) is 7.11 Å². The number of methoxy groups -OCH3 is 1. The summed E-state index contributed by atoms with van der Waals surface area (Å²) in [5.41, 5.74) is 1.30. The molecule has 1 aromatic carbocycles. The van der Waals surface area contributed by atoms with Crippen LogP contribution in [0.3, 0.4) is 0 Å². The van der Waals surface area contributed by atoms with E-state index in [4.69, 9.17) is 4.74 Å². The highest BCUT2D eigenvalue weighted by atomic mass is 16.5. The number of para-hydroxylation sites is 1. The van der Waals surface area contributed by atoms with Crippen LogP contribution in [-0.2, 0) is 6.42 Å². The molecule has 0 aliphatic heterocycles. The van der Waals surface area contributed by atoms with E-state index in [0.29, 0.717) is 12.1 Å². The van der Waals surface area contributed by atoms with Crippen LogP contribution < -0.4 is 10.1 Å². The average Bonchev–Trinajstić information content (AvgIpc) is 2.48. The molecule has 118 valence electrons. The van der Waals surface area contributed by atoms with Crippen molar-refractivity contribution in [3.63, 3.8) is 0 Å². The molecule has 1 aliphatic rings. The van der Waals surface area contributed by atoms with E-state index < -0.39 is 0 Å². The van der Waals surface area contributed by atoms with Crippen LogP contribution in [0, 0.1) is 11.8 Å². The van der Waals surface area contributed by atoms with E-state index in [9.17, 15) is 0 Å². The van der Waals surface area contributed by atoms with Crippen LogP contribution >= 0.6 is 0 Å². The van der Waals surface area contributed by atoms with Crippen LogP contribution in [0.2, 0.25) is 0 Å². The highest BCUT2D eigenvalue weighted by Gasteiger charge is 2.28. The molecule has 0 heterocycles. The van der Waals surface area contributed by atoms with Gasteiger partial charge in [0.05, 0.1) is 7.11 Å². The first-order valence-electron chi connectivity index (χ1n) is 8.49. The van der Waals surface area contributed by atoms with Crippen LogP contribution in [-0.4, -0.2) is 19.2 Å². The Bertz CT molecular complexity index is 429. The third-order valence-corrected chi connectivity index (χ3v) is 4.89. The van der Waals surface area contributed by atoms with Gasteiger partial charge in [0, 0.05) is 12.1 Å². The van der Waals surface area contributed by atoms with Gasteiger partial charge in [-0.05, 0) is 49.7 Å². The second kappa shape index (κ2) is 7.84. The van der Waals surface area contributed by atoms with Crippen LogP contribution in [0.25, 0.3) is 0 Å². The molecule has 1 saturated carbocycles. The van der Waals surface area contributed by atoms with Gasteiger partial charge in [0.15, 0.2) is 0 Å². The maximum absolute atomic E-state index is 5.47. The van der Waals surface area contributed by atoms with E-state index in [1.165, 1.54) is 31.2 Å². The number of ether oxygens (including phenoxy) is 1. The zero-order chi connectivity index (χ0) is 15.2. The first kappa shape index (κ1) is 16.4. The summed E-state index contributed by atoms with van der Waals surface area (Å²) < 4.78 is 5.47. The monoisotopic (exact) mass is 289 g/mol. The highest BCUT2D eigenvalue weighted by molar-refractivity contribution is 5.33. The van der Waals surface area contributed by atoms with Crippen molar-refractivity contribution in [3.8, 4) is 5.75 Å². The Labute approximate surface area is 130 Å². The van der Waals surface area contributed by atoms with Gasteiger partial charge in [-0.15, -0.1) is 0 Å². The fraction of sp³-hybridized carbons (Fsp3) is 0.684. The summed E-state index contributed by atoms with van der Waals surface area (Å²) >= 11 is 0. The van der Waals surface area contributed by atoms with Crippen molar-refractivity contribution in [1.29, 1.82) is 0 Å². The molecule has 2 heteroatoms. The standard InChI is InChI=1S/C19H31NO/c1-14(2)17-10-6-7-11-18(17)20-15(3)13-16-9-5-8-12-19(16)21-4/h5,8-9,12,14-15,17-18,20H,6-7,10-11,13H2,1-4H3. The molecular formula is C19H31NO. The minimum absolute atomic E-state index is 0.491. The lowest BCUT2D eigenvalue weighted by atomic mass is 9.77. The Morgan fingerprint density at radius 3 is 2.57 bits per heavy atom. The summed E-state index contributed by atoms with van der Waals surface area (Å²) in [4.78, 5) is 0. The molecular weight excluding hydrogens is 258 g/mol. The maximum Gasteiger partial charge on any atom is 0.122 e. The van der Waals surface area contributed by atoms with Crippen molar-refractivity contribution < 1.29 is 4.74 Å². The molecule has 2 rings (SSSR count). The van der Waals surface area contributed by atoms with Crippen LogP contribution in [0.5, 0.6) is 5.75 Å². The molecule has 0 spiro atoms. The molecule has 0 amide bonds. The SMILES string of the molecule is COc1ccccc1CC(C)NC1CCCCC1C(C)C. The van der Waals surface area contributed by atoms with Crippen molar-refractivity contribution in [2.24, 2.45) is 11.8 Å². The first-order valence-corrected chi connectivity index (χ1v) is 8.49. The summed E-state index contributed by atoms with van der Waals surface area (Å²) in [7, 11) is 1.76. The van der Waals surface area contributed by atoms with Crippen molar-refractivity contribution in [3.05, 3.63) is 29.8 Å². The fourth-order valence-corrected chi connectivity index (χ4v) is 3.79. The molecule has 3 atom stereocenters. The minimum atomic E-state index is 0.491. The normalized spacial score (nSPS) is 24.0. The molecule has 1 fully saturated rings. The van der Waals surface area contributed by atoms with E-state index in [1.807, 2.05) is 6.07 Å². The lowest BCUT2D eigenvalue weighted by molar-refractivity contribution is 0.194. The Morgan fingerprint density at radius 2 is 1.86 bits per heavy atom. The molecule has 0 radical (unpaired) electrons. The Hall–Kier alpha value is -1.02. The van der Waals surface area contributed by atoms with Gasteiger partial charge in [0.2, 0.25) is 0 Å². The Balaban J connectivity index is 1.95. The van der Waals surface area contributed by atoms with Crippen LogP contribution in [0.15, 0.2) is 24.3 Å². The quantitative estimate of drug-likeness (QED) is 0.836. The van der Waals surface area contributed by atoms with Gasteiger partial charge >= 0.3 is 0 Å². The molecule has 0 bridgehead atoms. The molecule has 0 saturated heterocycles. The number of benzene rings is 1. The van der Waals surface area contributed by atoms with E-state index >= 15 is 0 Å². The first-order chi connectivity index (χ1) is 10.1. The van der Waals surface area contributed by atoms with Gasteiger partial charge in [-0.25, -0.2) is 0 Å². The van der Waals surface area contributed by atoms with Crippen molar-refractivity contribution >= 4 is 0 Å². The fourth-order valence-electron chi connectivity index (χ4n) is 3.79. The largest absolute Gasteiger partial charge is 0.496 e. The molecule has 1 aliphatic carbocycles. The predicted octanol–water partition coefficient (Wildman–Crippen LogP) is 4.43. The lowest BCUT2D eigenvalue weighted by Gasteiger charge is -2.37. The Kier molecular flexibility index (Phi) is 6.10. The van der Waals surface area contributed by atoms with Gasteiger partial charge in [-0.3, -0.25) is 0 Å². The molecule has 0 aromatic heterocycles. The maximum atomic E-state index is 5.47. The number of rotatable bonds is 6. The highest BCUT2D eigenvalue weighted by Crippen LogP contribution is 2.30. The van der Waals surface area contributed by atoms with E-state index in [2.05, 4.69) is 44.3 Å². The molecule has 3 unspecified atom stereocenters. The Morgan fingerprint density at radius 1 is 1.14 bits per heavy atom. The smallest absolute Gasteiger partial charge is 0.122 e. The van der Waals surface area contributed by atoms with Crippen molar-refractivity contribution in [2.75, 3.05) is 7.11 Å². The predicted molar refractivity (Wildman–Crippen MR) is 89.9 cm³/mol. The molecule has 21 heavy (non-hydrogen) atoms. The lowest BCUT2D eigenvalue weighted by Crippen LogP contribution is -2.45. The third-order valence-electron chi connectivity index (χ3n) is 4.89. The third kappa shape index (κ3) is 4.47. The van der Waals surface area contributed by atoms with Crippen LogP contribution in [0.1, 0.15) is 52.0 Å². The summed E-state index contributed by atoms with van der Waals surface area (Å²) in [5.74, 6) is 2.62. The summed E-state index contributed by atoms with van der Waals surface area (Å²) in [6.45, 7) is 7.05. The molecule has 2 nitrogen and oxygen atoms in total. The van der Waals surface area contributed by atoms with Crippen molar-refractivity contribution in [2.45, 2.75) is 65.0 Å².